The first-order valence-electron chi connectivity index (χ1n) is 7.49. The van der Waals surface area contributed by atoms with E-state index in [0.717, 1.165) is 22.0 Å². The minimum Gasteiger partial charge on any atom is -0.403 e. The number of aryl methyl sites for hydroxylation is 1. The Balaban J connectivity index is 1.57. The predicted octanol–water partition coefficient (Wildman–Crippen LogP) is 3.78. The lowest BCUT2D eigenvalue weighted by Crippen LogP contribution is -2.11. The third-order valence-electron chi connectivity index (χ3n) is 3.78. The van der Waals surface area contributed by atoms with Crippen molar-refractivity contribution in [2.75, 3.05) is 5.32 Å². The number of benzene rings is 2. The van der Waals surface area contributed by atoms with E-state index in [9.17, 15) is 4.79 Å². The number of carbonyl (C=O) groups excluding carboxylic acids is 1. The molecule has 24 heavy (non-hydrogen) atoms. The van der Waals surface area contributed by atoms with E-state index in [1.807, 2.05) is 55.5 Å². The summed E-state index contributed by atoms with van der Waals surface area (Å²) in [6.45, 7) is 2.00. The van der Waals surface area contributed by atoms with Crippen molar-refractivity contribution in [3.8, 4) is 11.5 Å². The van der Waals surface area contributed by atoms with Gasteiger partial charge >= 0.3 is 6.01 Å². The molecule has 118 valence electrons. The molecule has 0 radical (unpaired) electrons. The van der Waals surface area contributed by atoms with Gasteiger partial charge in [-0.15, -0.1) is 5.10 Å². The summed E-state index contributed by atoms with van der Waals surface area (Å²) in [5, 5.41) is 11.3. The smallest absolute Gasteiger partial charge is 0.322 e. The van der Waals surface area contributed by atoms with E-state index in [-0.39, 0.29) is 11.9 Å². The Morgan fingerprint density at radius 3 is 2.71 bits per heavy atom. The van der Waals surface area contributed by atoms with Gasteiger partial charge in [0.1, 0.15) is 0 Å². The average molecular weight is 318 g/mol. The SMILES string of the molecule is Cc1ccc(-c2nnc(NC(=O)c3c[nH]c4ccccc34)o2)cc1. The van der Waals surface area contributed by atoms with Crippen molar-refractivity contribution >= 4 is 22.8 Å². The van der Waals surface area contributed by atoms with Gasteiger partial charge in [-0.3, -0.25) is 10.1 Å². The Kier molecular flexibility index (Phi) is 3.35. The van der Waals surface area contributed by atoms with E-state index in [1.54, 1.807) is 6.20 Å². The third-order valence-corrected chi connectivity index (χ3v) is 3.78. The molecule has 0 spiro atoms. The maximum absolute atomic E-state index is 12.4. The number of nitrogens with one attached hydrogen (secondary N) is 2. The lowest BCUT2D eigenvalue weighted by molar-refractivity contribution is 0.102. The fourth-order valence-electron chi connectivity index (χ4n) is 2.51. The monoisotopic (exact) mass is 318 g/mol. The second-order valence-electron chi connectivity index (χ2n) is 5.48. The molecule has 1 amide bonds. The van der Waals surface area contributed by atoms with Gasteiger partial charge in [0.25, 0.3) is 5.91 Å². The standard InChI is InChI=1S/C18H14N4O2/c1-11-6-8-12(9-7-11)17-21-22-18(24-17)20-16(23)14-10-19-15-5-3-2-4-13(14)15/h2-10,19H,1H3,(H,20,22,23). The lowest BCUT2D eigenvalue weighted by Gasteiger charge is -1.99. The van der Waals surface area contributed by atoms with E-state index < -0.39 is 0 Å². The van der Waals surface area contributed by atoms with Gasteiger partial charge in [0.05, 0.1) is 5.56 Å². The van der Waals surface area contributed by atoms with Crippen molar-refractivity contribution in [1.82, 2.24) is 15.2 Å². The number of amides is 1. The van der Waals surface area contributed by atoms with Crippen LogP contribution in [-0.4, -0.2) is 21.1 Å². The predicted molar refractivity (Wildman–Crippen MR) is 90.7 cm³/mol. The summed E-state index contributed by atoms with van der Waals surface area (Å²) in [7, 11) is 0. The highest BCUT2D eigenvalue weighted by Crippen LogP contribution is 2.22. The molecule has 0 unspecified atom stereocenters. The van der Waals surface area contributed by atoms with Gasteiger partial charge < -0.3 is 9.40 Å². The highest BCUT2D eigenvalue weighted by atomic mass is 16.4. The quantitative estimate of drug-likeness (QED) is 0.602. The van der Waals surface area contributed by atoms with Gasteiger partial charge in [-0.25, -0.2) is 0 Å². The van der Waals surface area contributed by atoms with Crippen molar-refractivity contribution in [2.45, 2.75) is 6.92 Å². The number of aromatic nitrogens is 3. The van der Waals surface area contributed by atoms with Gasteiger partial charge in [-0.2, -0.15) is 0 Å². The van der Waals surface area contributed by atoms with Gasteiger partial charge in [-0.05, 0) is 25.1 Å². The van der Waals surface area contributed by atoms with E-state index in [2.05, 4.69) is 20.5 Å². The van der Waals surface area contributed by atoms with Gasteiger partial charge in [0.2, 0.25) is 5.89 Å². The zero-order valence-corrected chi connectivity index (χ0v) is 12.9. The Morgan fingerprint density at radius 1 is 1.08 bits per heavy atom. The zero-order chi connectivity index (χ0) is 16.5. The molecule has 6 heteroatoms. The van der Waals surface area contributed by atoms with Crippen LogP contribution in [-0.2, 0) is 0 Å². The molecular weight excluding hydrogens is 304 g/mol. The van der Waals surface area contributed by atoms with E-state index in [1.165, 1.54) is 0 Å². The lowest BCUT2D eigenvalue weighted by atomic mass is 10.1. The van der Waals surface area contributed by atoms with E-state index in [0.29, 0.717) is 11.5 Å². The number of anilines is 1. The number of hydrogen-bond donors (Lipinski definition) is 2. The summed E-state index contributed by atoms with van der Waals surface area (Å²) < 4.78 is 5.53. The molecule has 0 saturated heterocycles. The summed E-state index contributed by atoms with van der Waals surface area (Å²) in [5.41, 5.74) is 3.38. The summed E-state index contributed by atoms with van der Waals surface area (Å²) in [4.78, 5) is 15.5. The molecule has 2 heterocycles. The maximum atomic E-state index is 12.4. The molecule has 2 N–H and O–H groups in total. The van der Waals surface area contributed by atoms with Crippen LogP contribution in [0.5, 0.6) is 0 Å². The van der Waals surface area contributed by atoms with Crippen LogP contribution < -0.4 is 5.32 Å². The number of fused-ring (bicyclic) bond motifs is 1. The van der Waals surface area contributed by atoms with Gasteiger partial charge in [0.15, 0.2) is 0 Å². The van der Waals surface area contributed by atoms with Gasteiger partial charge in [-0.1, -0.05) is 41.0 Å². The first kappa shape index (κ1) is 14.2. The van der Waals surface area contributed by atoms with E-state index in [4.69, 9.17) is 4.42 Å². The summed E-state index contributed by atoms with van der Waals surface area (Å²) in [6, 6.07) is 15.4. The topological polar surface area (TPSA) is 83.8 Å². The molecule has 6 nitrogen and oxygen atoms in total. The average Bonchev–Trinajstić information content (AvgIpc) is 3.22. The van der Waals surface area contributed by atoms with Crippen LogP contribution >= 0.6 is 0 Å². The summed E-state index contributed by atoms with van der Waals surface area (Å²) >= 11 is 0. The molecule has 4 aromatic rings. The number of nitrogens with zero attached hydrogens (tertiary/aromatic N) is 2. The second kappa shape index (κ2) is 5.66. The van der Waals surface area contributed by atoms with Crippen molar-refractivity contribution in [1.29, 1.82) is 0 Å². The normalized spacial score (nSPS) is 10.9. The van der Waals surface area contributed by atoms with E-state index >= 15 is 0 Å². The molecular formula is C18H14N4O2. The Morgan fingerprint density at radius 2 is 1.88 bits per heavy atom. The molecule has 0 atom stereocenters. The maximum Gasteiger partial charge on any atom is 0.322 e. The first-order valence-corrected chi connectivity index (χ1v) is 7.49. The number of aromatic amines is 1. The Bertz CT molecular complexity index is 1010. The molecule has 0 aliphatic heterocycles. The molecule has 4 rings (SSSR count). The van der Waals surface area contributed by atoms with Crippen LogP contribution in [0.3, 0.4) is 0 Å². The number of rotatable bonds is 3. The Hall–Kier alpha value is -3.41. The fourth-order valence-corrected chi connectivity index (χ4v) is 2.51. The molecule has 0 saturated carbocycles. The molecule has 2 aromatic heterocycles. The highest BCUT2D eigenvalue weighted by molar-refractivity contribution is 6.12. The third kappa shape index (κ3) is 2.54. The van der Waals surface area contributed by atoms with Crippen LogP contribution in [0.15, 0.2) is 59.1 Å². The molecule has 0 aliphatic carbocycles. The largest absolute Gasteiger partial charge is 0.403 e. The number of hydrogen-bond acceptors (Lipinski definition) is 4. The fraction of sp³-hybridized carbons (Fsp3) is 0.0556. The van der Waals surface area contributed by atoms with Crippen molar-refractivity contribution in [2.24, 2.45) is 0 Å². The van der Waals surface area contributed by atoms with Crippen LogP contribution in [0.1, 0.15) is 15.9 Å². The van der Waals surface area contributed by atoms with Crippen molar-refractivity contribution < 1.29 is 9.21 Å². The molecule has 0 fully saturated rings. The molecule has 0 bridgehead atoms. The summed E-state index contributed by atoms with van der Waals surface area (Å²) in [5.74, 6) is 0.0655. The minimum atomic E-state index is -0.299. The van der Waals surface area contributed by atoms with Crippen LogP contribution in [0, 0.1) is 6.92 Å². The van der Waals surface area contributed by atoms with Crippen LogP contribution in [0.25, 0.3) is 22.4 Å². The molecule has 0 aliphatic rings. The van der Waals surface area contributed by atoms with Crippen molar-refractivity contribution in [3.63, 3.8) is 0 Å². The first-order chi connectivity index (χ1) is 11.7. The Labute approximate surface area is 137 Å². The van der Waals surface area contributed by atoms with Gasteiger partial charge in [0, 0.05) is 22.7 Å². The number of para-hydroxylation sites is 1. The van der Waals surface area contributed by atoms with Crippen LogP contribution in [0.4, 0.5) is 6.01 Å². The number of carbonyl (C=O) groups is 1. The zero-order valence-electron chi connectivity index (χ0n) is 12.9. The minimum absolute atomic E-state index is 0.0702. The second-order valence-corrected chi connectivity index (χ2v) is 5.48. The van der Waals surface area contributed by atoms with Crippen LogP contribution in [0.2, 0.25) is 0 Å². The summed E-state index contributed by atoms with van der Waals surface area (Å²) in [6.07, 6.45) is 1.66. The number of H-pyrrole nitrogens is 1. The molecule has 2 aromatic carbocycles. The highest BCUT2D eigenvalue weighted by Gasteiger charge is 2.15. The van der Waals surface area contributed by atoms with Crippen molar-refractivity contribution in [3.05, 3.63) is 65.9 Å².